The highest BCUT2D eigenvalue weighted by Crippen LogP contribution is 2.30. The SMILES string of the molecule is CCC(CC)(CN=C(N)C(C)C)SC. The normalized spacial score (nSPS) is 13.7. The molecule has 84 valence electrons. The fraction of sp³-hybridized carbons (Fsp3) is 0.909. The van der Waals surface area contributed by atoms with E-state index >= 15 is 0 Å². The molecule has 0 aliphatic carbocycles. The summed E-state index contributed by atoms with van der Waals surface area (Å²) in [6.07, 6.45) is 4.47. The van der Waals surface area contributed by atoms with E-state index in [2.05, 4.69) is 38.9 Å². The van der Waals surface area contributed by atoms with Gasteiger partial charge in [0.25, 0.3) is 0 Å². The first kappa shape index (κ1) is 13.8. The van der Waals surface area contributed by atoms with Crippen molar-refractivity contribution in [1.29, 1.82) is 0 Å². The molecule has 14 heavy (non-hydrogen) atoms. The van der Waals surface area contributed by atoms with Crippen LogP contribution in [0.2, 0.25) is 0 Å². The van der Waals surface area contributed by atoms with Crippen LogP contribution in [-0.4, -0.2) is 23.4 Å². The molecular formula is C11H24N2S. The van der Waals surface area contributed by atoms with Gasteiger partial charge in [-0.1, -0.05) is 27.7 Å². The van der Waals surface area contributed by atoms with Gasteiger partial charge in [0.2, 0.25) is 0 Å². The molecule has 0 heterocycles. The number of hydrogen-bond donors (Lipinski definition) is 1. The van der Waals surface area contributed by atoms with Crippen LogP contribution in [0.1, 0.15) is 40.5 Å². The van der Waals surface area contributed by atoms with Gasteiger partial charge < -0.3 is 5.73 Å². The quantitative estimate of drug-likeness (QED) is 0.547. The molecule has 0 fully saturated rings. The van der Waals surface area contributed by atoms with E-state index in [0.29, 0.717) is 10.7 Å². The van der Waals surface area contributed by atoms with Crippen LogP contribution >= 0.6 is 11.8 Å². The second kappa shape index (κ2) is 6.33. The van der Waals surface area contributed by atoms with Gasteiger partial charge in [-0.25, -0.2) is 0 Å². The van der Waals surface area contributed by atoms with Gasteiger partial charge in [0.15, 0.2) is 0 Å². The third kappa shape index (κ3) is 3.91. The third-order valence-electron chi connectivity index (χ3n) is 2.86. The lowest BCUT2D eigenvalue weighted by atomic mass is 10.0. The Labute approximate surface area is 92.7 Å². The Morgan fingerprint density at radius 1 is 1.36 bits per heavy atom. The third-order valence-corrected chi connectivity index (χ3v) is 4.44. The van der Waals surface area contributed by atoms with Crippen LogP contribution in [0.4, 0.5) is 0 Å². The number of nitrogens with zero attached hydrogens (tertiary/aromatic N) is 1. The molecule has 0 rings (SSSR count). The van der Waals surface area contributed by atoms with E-state index < -0.39 is 0 Å². The zero-order chi connectivity index (χ0) is 11.2. The Bertz CT molecular complexity index is 175. The first-order valence-corrected chi connectivity index (χ1v) is 6.58. The number of rotatable bonds is 6. The smallest absolute Gasteiger partial charge is 0.0963 e. The van der Waals surface area contributed by atoms with E-state index in [-0.39, 0.29) is 0 Å². The highest BCUT2D eigenvalue weighted by Gasteiger charge is 2.24. The summed E-state index contributed by atoms with van der Waals surface area (Å²) in [6.45, 7) is 9.46. The van der Waals surface area contributed by atoms with Gasteiger partial charge in [-0.15, -0.1) is 0 Å². The van der Waals surface area contributed by atoms with E-state index in [0.717, 1.165) is 25.2 Å². The van der Waals surface area contributed by atoms with E-state index in [1.165, 1.54) is 0 Å². The average molecular weight is 216 g/mol. The van der Waals surface area contributed by atoms with E-state index in [9.17, 15) is 0 Å². The average Bonchev–Trinajstić information content (AvgIpc) is 2.20. The lowest BCUT2D eigenvalue weighted by Crippen LogP contribution is -2.29. The van der Waals surface area contributed by atoms with Crippen LogP contribution in [0.5, 0.6) is 0 Å². The maximum atomic E-state index is 5.83. The number of hydrogen-bond acceptors (Lipinski definition) is 2. The molecule has 0 spiro atoms. The first-order valence-electron chi connectivity index (χ1n) is 5.36. The van der Waals surface area contributed by atoms with Gasteiger partial charge in [0.05, 0.1) is 12.4 Å². The van der Waals surface area contributed by atoms with E-state index in [4.69, 9.17) is 5.73 Å². The molecule has 2 nitrogen and oxygen atoms in total. The minimum absolute atomic E-state index is 0.291. The largest absolute Gasteiger partial charge is 0.387 e. The highest BCUT2D eigenvalue weighted by molar-refractivity contribution is 8.00. The van der Waals surface area contributed by atoms with Crippen LogP contribution in [0.25, 0.3) is 0 Å². The number of aliphatic imine (C=N–C) groups is 1. The van der Waals surface area contributed by atoms with Crippen LogP contribution in [-0.2, 0) is 0 Å². The molecule has 0 aliphatic rings. The highest BCUT2D eigenvalue weighted by atomic mass is 32.2. The van der Waals surface area contributed by atoms with Crippen LogP contribution < -0.4 is 5.73 Å². The van der Waals surface area contributed by atoms with Crippen LogP contribution in [0.15, 0.2) is 4.99 Å². The van der Waals surface area contributed by atoms with E-state index in [1.54, 1.807) is 0 Å². The second-order valence-corrected chi connectivity index (χ2v) is 5.26. The predicted molar refractivity (Wildman–Crippen MR) is 68.2 cm³/mol. The maximum Gasteiger partial charge on any atom is 0.0963 e. The summed E-state index contributed by atoms with van der Waals surface area (Å²) >= 11 is 1.91. The lowest BCUT2D eigenvalue weighted by Gasteiger charge is -2.27. The number of nitrogens with two attached hydrogens (primary N) is 1. The molecule has 0 saturated heterocycles. The van der Waals surface area contributed by atoms with Crippen molar-refractivity contribution in [3.8, 4) is 0 Å². The summed E-state index contributed by atoms with van der Waals surface area (Å²) in [6, 6.07) is 0. The summed E-state index contributed by atoms with van der Waals surface area (Å²) in [4.78, 5) is 4.48. The van der Waals surface area contributed by atoms with Crippen molar-refractivity contribution in [1.82, 2.24) is 0 Å². The van der Waals surface area contributed by atoms with Crippen molar-refractivity contribution < 1.29 is 0 Å². The zero-order valence-corrected chi connectivity index (χ0v) is 10.9. The molecule has 0 radical (unpaired) electrons. The molecule has 0 aromatic carbocycles. The monoisotopic (exact) mass is 216 g/mol. The first-order chi connectivity index (χ1) is 6.51. The van der Waals surface area contributed by atoms with Crippen LogP contribution in [0, 0.1) is 5.92 Å². The van der Waals surface area contributed by atoms with Gasteiger partial charge in [-0.05, 0) is 19.1 Å². The minimum Gasteiger partial charge on any atom is -0.387 e. The second-order valence-electron chi connectivity index (χ2n) is 3.99. The maximum absolute atomic E-state index is 5.83. The Kier molecular flexibility index (Phi) is 6.25. The molecular weight excluding hydrogens is 192 g/mol. The van der Waals surface area contributed by atoms with Gasteiger partial charge in [0.1, 0.15) is 0 Å². The molecule has 0 amide bonds. The summed E-state index contributed by atoms with van der Waals surface area (Å²) in [5.41, 5.74) is 5.83. The standard InChI is InChI=1S/C11H24N2S/c1-6-11(7-2,14-5)8-13-10(12)9(3)4/h9H,6-8H2,1-5H3,(H2,12,13). The van der Waals surface area contributed by atoms with Gasteiger partial charge in [-0.3, -0.25) is 4.99 Å². The fourth-order valence-corrected chi connectivity index (χ4v) is 2.02. The Morgan fingerprint density at radius 3 is 2.14 bits per heavy atom. The minimum atomic E-state index is 0.291. The summed E-state index contributed by atoms with van der Waals surface area (Å²) in [7, 11) is 0. The predicted octanol–water partition coefficient (Wildman–Crippen LogP) is 2.92. The molecule has 0 aromatic rings. The Morgan fingerprint density at radius 2 is 1.86 bits per heavy atom. The molecule has 3 heteroatoms. The van der Waals surface area contributed by atoms with E-state index in [1.807, 2.05) is 11.8 Å². The van der Waals surface area contributed by atoms with Crippen molar-refractivity contribution >= 4 is 17.6 Å². The topological polar surface area (TPSA) is 38.4 Å². The molecule has 0 atom stereocenters. The Balaban J connectivity index is 4.39. The van der Waals surface area contributed by atoms with Gasteiger partial charge in [-0.2, -0.15) is 11.8 Å². The lowest BCUT2D eigenvalue weighted by molar-refractivity contribution is 0.559. The van der Waals surface area contributed by atoms with Crippen molar-refractivity contribution in [3.63, 3.8) is 0 Å². The molecule has 0 bridgehead atoms. The molecule has 0 aromatic heterocycles. The molecule has 2 N–H and O–H groups in total. The summed E-state index contributed by atoms with van der Waals surface area (Å²) < 4.78 is 0.291. The van der Waals surface area contributed by atoms with Gasteiger partial charge in [0, 0.05) is 10.7 Å². The molecule has 0 saturated carbocycles. The molecule has 0 aliphatic heterocycles. The van der Waals surface area contributed by atoms with Crippen molar-refractivity contribution in [2.24, 2.45) is 16.6 Å². The Hall–Kier alpha value is -0.180. The fourth-order valence-electron chi connectivity index (χ4n) is 1.24. The van der Waals surface area contributed by atoms with Crippen molar-refractivity contribution in [2.75, 3.05) is 12.8 Å². The number of thioether (sulfide) groups is 1. The van der Waals surface area contributed by atoms with Crippen molar-refractivity contribution in [2.45, 2.75) is 45.3 Å². The summed E-state index contributed by atoms with van der Waals surface area (Å²) in [5, 5.41) is 0. The van der Waals surface area contributed by atoms with Crippen molar-refractivity contribution in [3.05, 3.63) is 0 Å². The zero-order valence-electron chi connectivity index (χ0n) is 10.1. The van der Waals surface area contributed by atoms with Crippen LogP contribution in [0.3, 0.4) is 0 Å². The van der Waals surface area contributed by atoms with Gasteiger partial charge >= 0.3 is 0 Å². The summed E-state index contributed by atoms with van der Waals surface area (Å²) in [5.74, 6) is 1.15. The molecule has 0 unspecified atom stereocenters. The number of amidine groups is 1.